The van der Waals surface area contributed by atoms with Crippen LogP contribution in [0.25, 0.3) is 0 Å². The minimum atomic E-state index is -0.0254. The van der Waals surface area contributed by atoms with Crippen LogP contribution in [0.5, 0.6) is 0 Å². The molecule has 0 radical (unpaired) electrons. The highest BCUT2D eigenvalue weighted by Gasteiger charge is 2.03. The average Bonchev–Trinajstić information content (AvgIpc) is 2.81. The molecule has 1 aromatic heterocycles. The summed E-state index contributed by atoms with van der Waals surface area (Å²) >= 11 is 0. The van der Waals surface area contributed by atoms with Gasteiger partial charge in [0.05, 0.1) is 13.0 Å². The number of aromatic nitrogens is 3. The van der Waals surface area contributed by atoms with Crippen molar-refractivity contribution in [3.05, 3.63) is 48.0 Å². The van der Waals surface area contributed by atoms with Gasteiger partial charge in [0.25, 0.3) is 0 Å². The van der Waals surface area contributed by atoms with E-state index in [4.69, 9.17) is 0 Å². The van der Waals surface area contributed by atoms with Crippen LogP contribution >= 0.6 is 0 Å². The van der Waals surface area contributed by atoms with Crippen molar-refractivity contribution in [1.82, 2.24) is 20.5 Å². The molecular weight excluding hydrogens is 204 g/mol. The van der Waals surface area contributed by atoms with Crippen molar-refractivity contribution in [2.24, 2.45) is 0 Å². The first-order chi connectivity index (χ1) is 7.84. The molecule has 16 heavy (non-hydrogen) atoms. The summed E-state index contributed by atoms with van der Waals surface area (Å²) in [5.41, 5.74) is 0.998. The molecule has 1 aromatic carbocycles. The summed E-state index contributed by atoms with van der Waals surface area (Å²) in [6.07, 6.45) is 1.80. The maximum absolute atomic E-state index is 11.5. The third kappa shape index (κ3) is 2.91. The molecular formula is C11H12N4O. The van der Waals surface area contributed by atoms with E-state index in [1.165, 1.54) is 6.33 Å². The molecule has 82 valence electrons. The molecule has 2 aromatic rings. The van der Waals surface area contributed by atoms with Gasteiger partial charge in [0.15, 0.2) is 0 Å². The van der Waals surface area contributed by atoms with E-state index in [-0.39, 0.29) is 5.91 Å². The smallest absolute Gasteiger partial charge is 0.224 e. The lowest BCUT2D eigenvalue weighted by Gasteiger charge is -2.02. The van der Waals surface area contributed by atoms with Gasteiger partial charge in [0.2, 0.25) is 5.91 Å². The van der Waals surface area contributed by atoms with Gasteiger partial charge < -0.3 is 5.32 Å². The minimum Gasteiger partial charge on any atom is -0.349 e. The summed E-state index contributed by atoms with van der Waals surface area (Å²) in [5, 5.41) is 9.14. The summed E-state index contributed by atoms with van der Waals surface area (Å²) in [6.45, 7) is 0.381. The molecule has 2 rings (SSSR count). The molecule has 5 heteroatoms. The van der Waals surface area contributed by atoms with Gasteiger partial charge in [-0.05, 0) is 5.56 Å². The van der Waals surface area contributed by atoms with Crippen LogP contribution in [0.3, 0.4) is 0 Å². The van der Waals surface area contributed by atoms with E-state index in [0.29, 0.717) is 18.8 Å². The van der Waals surface area contributed by atoms with Crippen molar-refractivity contribution in [3.63, 3.8) is 0 Å². The Morgan fingerprint density at radius 3 is 2.81 bits per heavy atom. The molecule has 0 saturated carbocycles. The Hall–Kier alpha value is -2.17. The normalized spacial score (nSPS) is 10.0. The van der Waals surface area contributed by atoms with Crippen molar-refractivity contribution < 1.29 is 4.79 Å². The topological polar surface area (TPSA) is 70.7 Å². The van der Waals surface area contributed by atoms with Gasteiger partial charge in [-0.3, -0.25) is 9.89 Å². The Labute approximate surface area is 92.9 Å². The number of benzene rings is 1. The summed E-state index contributed by atoms with van der Waals surface area (Å²) in [6, 6.07) is 9.61. The van der Waals surface area contributed by atoms with E-state index in [9.17, 15) is 4.79 Å². The van der Waals surface area contributed by atoms with E-state index in [1.807, 2.05) is 30.3 Å². The second kappa shape index (κ2) is 5.06. The highest BCUT2D eigenvalue weighted by Crippen LogP contribution is 1.99. The van der Waals surface area contributed by atoms with Gasteiger partial charge >= 0.3 is 0 Å². The van der Waals surface area contributed by atoms with Crippen LogP contribution in [-0.4, -0.2) is 21.1 Å². The maximum atomic E-state index is 11.5. The molecule has 0 unspecified atom stereocenters. The molecule has 1 heterocycles. The molecule has 0 aliphatic heterocycles. The maximum Gasteiger partial charge on any atom is 0.224 e. The molecule has 0 bridgehead atoms. The number of hydrogen-bond donors (Lipinski definition) is 2. The lowest BCUT2D eigenvalue weighted by atomic mass is 10.1. The minimum absolute atomic E-state index is 0.0254. The van der Waals surface area contributed by atoms with Crippen LogP contribution in [0.2, 0.25) is 0 Å². The molecule has 0 fully saturated rings. The van der Waals surface area contributed by atoms with Crippen molar-refractivity contribution in [1.29, 1.82) is 0 Å². The zero-order chi connectivity index (χ0) is 11.2. The van der Waals surface area contributed by atoms with Gasteiger partial charge in [0, 0.05) is 0 Å². The fraction of sp³-hybridized carbons (Fsp3) is 0.182. The molecule has 0 spiro atoms. The first-order valence-electron chi connectivity index (χ1n) is 4.99. The average molecular weight is 216 g/mol. The molecule has 5 nitrogen and oxygen atoms in total. The Morgan fingerprint density at radius 2 is 2.12 bits per heavy atom. The fourth-order valence-electron chi connectivity index (χ4n) is 1.34. The Bertz CT molecular complexity index is 438. The fourth-order valence-corrected chi connectivity index (χ4v) is 1.34. The number of rotatable bonds is 4. The predicted molar refractivity (Wildman–Crippen MR) is 58.4 cm³/mol. The summed E-state index contributed by atoms with van der Waals surface area (Å²) in [4.78, 5) is 15.4. The standard InChI is InChI=1S/C11H12N4O/c16-11(6-9-4-2-1-3-5-9)12-7-10-13-8-14-15-10/h1-5,8H,6-7H2,(H,12,16)(H,13,14,15). The second-order valence-corrected chi connectivity index (χ2v) is 3.37. The van der Waals surface area contributed by atoms with Crippen LogP contribution in [0.4, 0.5) is 0 Å². The predicted octanol–water partition coefficient (Wildman–Crippen LogP) is 0.664. The van der Waals surface area contributed by atoms with Gasteiger partial charge in [-0.25, -0.2) is 4.98 Å². The molecule has 0 aliphatic rings. The Morgan fingerprint density at radius 1 is 1.31 bits per heavy atom. The third-order valence-electron chi connectivity index (χ3n) is 2.13. The molecule has 1 amide bonds. The Kier molecular flexibility index (Phi) is 3.28. The number of nitrogens with zero attached hydrogens (tertiary/aromatic N) is 2. The van der Waals surface area contributed by atoms with Crippen molar-refractivity contribution in [3.8, 4) is 0 Å². The monoisotopic (exact) mass is 216 g/mol. The molecule has 2 N–H and O–H groups in total. The first-order valence-corrected chi connectivity index (χ1v) is 4.99. The van der Waals surface area contributed by atoms with Crippen molar-refractivity contribution >= 4 is 5.91 Å². The van der Waals surface area contributed by atoms with Gasteiger partial charge in [-0.2, -0.15) is 5.10 Å². The van der Waals surface area contributed by atoms with Crippen LogP contribution < -0.4 is 5.32 Å². The van der Waals surface area contributed by atoms with E-state index >= 15 is 0 Å². The van der Waals surface area contributed by atoms with E-state index in [1.54, 1.807) is 0 Å². The van der Waals surface area contributed by atoms with Gasteiger partial charge in [0.1, 0.15) is 12.2 Å². The van der Waals surface area contributed by atoms with Crippen molar-refractivity contribution in [2.45, 2.75) is 13.0 Å². The number of carbonyl (C=O) groups excluding carboxylic acids is 1. The zero-order valence-corrected chi connectivity index (χ0v) is 8.68. The van der Waals surface area contributed by atoms with Gasteiger partial charge in [-0.1, -0.05) is 30.3 Å². The molecule has 0 aliphatic carbocycles. The number of amides is 1. The first kappa shape index (κ1) is 10.4. The highest BCUT2D eigenvalue weighted by atomic mass is 16.1. The SMILES string of the molecule is O=C(Cc1ccccc1)NCc1ncn[nH]1. The highest BCUT2D eigenvalue weighted by molar-refractivity contribution is 5.78. The number of aromatic amines is 1. The van der Waals surface area contributed by atoms with Crippen LogP contribution in [0, 0.1) is 0 Å². The summed E-state index contributed by atoms with van der Waals surface area (Å²) in [7, 11) is 0. The second-order valence-electron chi connectivity index (χ2n) is 3.37. The molecule has 0 atom stereocenters. The van der Waals surface area contributed by atoms with Crippen molar-refractivity contribution in [2.75, 3.05) is 0 Å². The van der Waals surface area contributed by atoms with E-state index < -0.39 is 0 Å². The van der Waals surface area contributed by atoms with Gasteiger partial charge in [-0.15, -0.1) is 0 Å². The van der Waals surface area contributed by atoms with Crippen LogP contribution in [0.15, 0.2) is 36.7 Å². The number of hydrogen-bond acceptors (Lipinski definition) is 3. The zero-order valence-electron chi connectivity index (χ0n) is 8.68. The van der Waals surface area contributed by atoms with E-state index in [0.717, 1.165) is 5.56 Å². The summed E-state index contributed by atoms with van der Waals surface area (Å²) < 4.78 is 0. The van der Waals surface area contributed by atoms with Crippen LogP contribution in [0.1, 0.15) is 11.4 Å². The van der Waals surface area contributed by atoms with E-state index in [2.05, 4.69) is 20.5 Å². The van der Waals surface area contributed by atoms with Crippen LogP contribution in [-0.2, 0) is 17.8 Å². The Balaban J connectivity index is 1.81. The summed E-state index contributed by atoms with van der Waals surface area (Å²) in [5.74, 6) is 0.629. The largest absolute Gasteiger partial charge is 0.349 e. The molecule has 0 saturated heterocycles. The number of nitrogens with one attached hydrogen (secondary N) is 2. The lowest BCUT2D eigenvalue weighted by Crippen LogP contribution is -2.25. The quantitative estimate of drug-likeness (QED) is 0.788. The number of carbonyl (C=O) groups is 1. The number of H-pyrrole nitrogens is 1. The third-order valence-corrected chi connectivity index (χ3v) is 2.13. The lowest BCUT2D eigenvalue weighted by molar-refractivity contribution is -0.120.